The maximum Gasteiger partial charge on any atom is 0.156 e. The summed E-state index contributed by atoms with van der Waals surface area (Å²) in [5.74, 6) is 0.870. The van der Waals surface area contributed by atoms with Crippen molar-refractivity contribution in [3.8, 4) is 0 Å². The second kappa shape index (κ2) is 7.91. The first-order chi connectivity index (χ1) is 9.36. The second-order valence-corrected chi connectivity index (χ2v) is 5.94. The van der Waals surface area contributed by atoms with Crippen LogP contribution in [0.25, 0.3) is 11.0 Å². The molecule has 0 amide bonds. The number of rotatable bonds is 2. The van der Waals surface area contributed by atoms with Crippen LogP contribution in [0.15, 0.2) is 18.6 Å². The van der Waals surface area contributed by atoms with Crippen LogP contribution in [0.5, 0.6) is 0 Å². The van der Waals surface area contributed by atoms with E-state index in [0.717, 1.165) is 16.9 Å². The molecule has 2 N–H and O–H groups in total. The van der Waals surface area contributed by atoms with Crippen LogP contribution in [0, 0.1) is 0 Å². The van der Waals surface area contributed by atoms with Gasteiger partial charge in [-0.3, -0.25) is 3.97 Å². The number of piperidine rings is 1. The Kier molecular flexibility index (Phi) is 6.18. The molecule has 2 aromatic rings. The van der Waals surface area contributed by atoms with Gasteiger partial charge in [0.15, 0.2) is 5.65 Å². The first kappa shape index (κ1) is 14.9. The van der Waals surface area contributed by atoms with Gasteiger partial charge in [-0.05, 0) is 32.0 Å². The van der Waals surface area contributed by atoms with E-state index >= 15 is 0 Å². The summed E-state index contributed by atoms with van der Waals surface area (Å²) in [6.45, 7) is 2.50. The first-order valence-electron chi connectivity index (χ1n) is 6.36. The summed E-state index contributed by atoms with van der Waals surface area (Å²) in [7, 11) is 3.45. The standard InChI is InChI=1S/C7H7IN4S.C5H11N/c1-9-6-5-2-3-12(13-8)7(5)11-4-10-6;1-2-4-6-5-3-1/h2-4H,1H3,(H,9,10,11);6H,1-5H2. The Balaban J connectivity index is 0.000000186. The van der Waals surface area contributed by atoms with Gasteiger partial charge in [-0.1, -0.05) is 6.42 Å². The lowest BCUT2D eigenvalue weighted by molar-refractivity contribution is 0.520. The van der Waals surface area contributed by atoms with Crippen LogP contribution in [0.3, 0.4) is 0 Å². The molecule has 2 aromatic heterocycles. The minimum absolute atomic E-state index is 0.870. The van der Waals surface area contributed by atoms with Gasteiger partial charge in [-0.15, -0.1) is 0 Å². The lowest BCUT2D eigenvalue weighted by atomic mass is 10.2. The summed E-state index contributed by atoms with van der Waals surface area (Å²) in [4.78, 5) is 8.33. The highest BCUT2D eigenvalue weighted by Gasteiger charge is 2.05. The number of hydrogen-bond donors (Lipinski definition) is 2. The molecule has 1 fully saturated rings. The normalized spacial score (nSPS) is 14.8. The lowest BCUT2D eigenvalue weighted by Crippen LogP contribution is -2.21. The maximum absolute atomic E-state index is 4.21. The zero-order valence-corrected chi connectivity index (χ0v) is 13.9. The Hall–Kier alpha value is -0.540. The Morgan fingerprint density at radius 1 is 1.32 bits per heavy atom. The average Bonchev–Trinajstić information content (AvgIpc) is 2.92. The quantitative estimate of drug-likeness (QED) is 0.771. The fourth-order valence-electron chi connectivity index (χ4n) is 1.98. The van der Waals surface area contributed by atoms with Gasteiger partial charge in [-0.2, -0.15) is 0 Å². The second-order valence-electron chi connectivity index (χ2n) is 4.23. The van der Waals surface area contributed by atoms with Crippen LogP contribution in [0.2, 0.25) is 0 Å². The predicted octanol–water partition coefficient (Wildman–Crippen LogP) is 3.08. The summed E-state index contributed by atoms with van der Waals surface area (Å²) < 4.78 is 2.00. The fourth-order valence-corrected chi connectivity index (χ4v) is 3.26. The molecule has 3 heterocycles. The highest BCUT2D eigenvalue weighted by molar-refractivity contribution is 14.2. The minimum atomic E-state index is 0.870. The summed E-state index contributed by atoms with van der Waals surface area (Å²) in [5.41, 5.74) is 0.943. The lowest BCUT2D eigenvalue weighted by Gasteiger charge is -2.08. The molecule has 19 heavy (non-hydrogen) atoms. The molecule has 0 aliphatic carbocycles. The summed E-state index contributed by atoms with van der Waals surface area (Å²) in [5, 5.41) is 7.37. The van der Waals surface area contributed by atoms with E-state index in [1.807, 2.05) is 23.3 Å². The van der Waals surface area contributed by atoms with Crippen LogP contribution < -0.4 is 10.6 Å². The van der Waals surface area contributed by atoms with Crippen LogP contribution >= 0.6 is 30.3 Å². The molecule has 1 aliphatic rings. The summed E-state index contributed by atoms with van der Waals surface area (Å²) in [6, 6.07) is 2.01. The molecule has 3 rings (SSSR count). The molecule has 5 nitrogen and oxygen atoms in total. The summed E-state index contributed by atoms with van der Waals surface area (Å²) >= 11 is 2.22. The van der Waals surface area contributed by atoms with E-state index < -0.39 is 0 Å². The van der Waals surface area contributed by atoms with Gasteiger partial charge in [0.05, 0.1) is 5.39 Å². The van der Waals surface area contributed by atoms with Crippen molar-refractivity contribution in [3.05, 3.63) is 18.6 Å². The predicted molar refractivity (Wildman–Crippen MR) is 90.8 cm³/mol. The van der Waals surface area contributed by atoms with E-state index in [0.29, 0.717) is 0 Å². The fraction of sp³-hybridized carbons (Fsp3) is 0.500. The molecule has 0 unspecified atom stereocenters. The summed E-state index contributed by atoms with van der Waals surface area (Å²) in [6.07, 6.45) is 7.77. The molecule has 1 aliphatic heterocycles. The minimum Gasteiger partial charge on any atom is -0.372 e. The molecular formula is C12H18IN5S. The van der Waals surface area contributed by atoms with Crippen molar-refractivity contribution >= 4 is 47.2 Å². The number of hydrogen-bond acceptors (Lipinski definition) is 5. The monoisotopic (exact) mass is 391 g/mol. The van der Waals surface area contributed by atoms with Gasteiger partial charge in [-0.25, -0.2) is 9.97 Å². The van der Waals surface area contributed by atoms with Gasteiger partial charge in [0.1, 0.15) is 12.1 Å². The van der Waals surface area contributed by atoms with Crippen LogP contribution in [-0.4, -0.2) is 34.1 Å². The Morgan fingerprint density at radius 3 is 2.63 bits per heavy atom. The maximum atomic E-state index is 4.21. The van der Waals surface area contributed by atoms with E-state index in [-0.39, 0.29) is 0 Å². The van der Waals surface area contributed by atoms with Gasteiger partial charge in [0.2, 0.25) is 0 Å². The number of halogens is 1. The van der Waals surface area contributed by atoms with E-state index in [9.17, 15) is 0 Å². The highest BCUT2D eigenvalue weighted by atomic mass is 127. The number of anilines is 1. The van der Waals surface area contributed by atoms with E-state index in [1.54, 1.807) is 15.4 Å². The number of aromatic nitrogens is 3. The van der Waals surface area contributed by atoms with Gasteiger partial charge in [0, 0.05) is 43.6 Å². The van der Waals surface area contributed by atoms with Crippen molar-refractivity contribution in [1.29, 1.82) is 0 Å². The van der Waals surface area contributed by atoms with Gasteiger partial charge in [0.25, 0.3) is 0 Å². The molecule has 0 bridgehead atoms. The van der Waals surface area contributed by atoms with E-state index in [2.05, 4.69) is 41.8 Å². The van der Waals surface area contributed by atoms with Crippen molar-refractivity contribution in [2.45, 2.75) is 19.3 Å². The smallest absolute Gasteiger partial charge is 0.156 e. The van der Waals surface area contributed by atoms with Gasteiger partial charge >= 0.3 is 0 Å². The molecule has 0 saturated carbocycles. The van der Waals surface area contributed by atoms with Crippen molar-refractivity contribution in [2.24, 2.45) is 0 Å². The third kappa shape index (κ3) is 3.96. The highest BCUT2D eigenvalue weighted by Crippen LogP contribution is 2.26. The van der Waals surface area contributed by atoms with Crippen LogP contribution in [0.1, 0.15) is 19.3 Å². The molecule has 7 heteroatoms. The van der Waals surface area contributed by atoms with Crippen LogP contribution in [0.4, 0.5) is 5.82 Å². The van der Waals surface area contributed by atoms with Crippen molar-refractivity contribution < 1.29 is 0 Å². The zero-order valence-electron chi connectivity index (χ0n) is 10.9. The Morgan fingerprint density at radius 2 is 2.11 bits per heavy atom. The van der Waals surface area contributed by atoms with Crippen molar-refractivity contribution in [1.82, 2.24) is 19.3 Å². The number of nitrogens with one attached hydrogen (secondary N) is 2. The topological polar surface area (TPSA) is 54.8 Å². The average molecular weight is 391 g/mol. The SMILES string of the molecule is C1CCNCC1.CNc1ncnc2c1ccn2SI. The molecule has 0 radical (unpaired) electrons. The molecule has 0 aromatic carbocycles. The van der Waals surface area contributed by atoms with Gasteiger partial charge < -0.3 is 10.6 Å². The first-order valence-corrected chi connectivity index (χ1v) is 9.68. The Bertz CT molecular complexity index is 500. The third-order valence-corrected chi connectivity index (χ3v) is 4.68. The molecular weight excluding hydrogens is 373 g/mol. The number of nitrogens with zero attached hydrogens (tertiary/aromatic N) is 3. The third-order valence-electron chi connectivity index (χ3n) is 2.97. The molecule has 1 saturated heterocycles. The van der Waals surface area contributed by atoms with Crippen LogP contribution in [-0.2, 0) is 0 Å². The molecule has 0 spiro atoms. The molecule has 0 atom stereocenters. The molecule has 104 valence electrons. The number of fused-ring (bicyclic) bond motifs is 1. The largest absolute Gasteiger partial charge is 0.372 e. The van der Waals surface area contributed by atoms with E-state index in [4.69, 9.17) is 0 Å². The zero-order chi connectivity index (χ0) is 13.5. The van der Waals surface area contributed by atoms with Crippen molar-refractivity contribution in [3.63, 3.8) is 0 Å². The van der Waals surface area contributed by atoms with Crippen molar-refractivity contribution in [2.75, 3.05) is 25.5 Å². The Labute approximate surface area is 129 Å². The van der Waals surface area contributed by atoms with E-state index in [1.165, 1.54) is 32.4 Å².